The second kappa shape index (κ2) is 10.1. The molecule has 0 bridgehead atoms. The summed E-state index contributed by atoms with van der Waals surface area (Å²) in [7, 11) is 0. The van der Waals surface area contributed by atoms with Crippen LogP contribution >= 0.6 is 0 Å². The van der Waals surface area contributed by atoms with Gasteiger partial charge in [0.05, 0.1) is 12.2 Å². The molecule has 0 radical (unpaired) electrons. The topological polar surface area (TPSA) is 70.0 Å². The van der Waals surface area contributed by atoms with E-state index in [1.807, 2.05) is 84.9 Å². The number of hydrogen-bond acceptors (Lipinski definition) is 4. The molecular weight excluding hydrogens is 486 g/mol. The Kier molecular flexibility index (Phi) is 6.35. The lowest BCUT2D eigenvalue weighted by Gasteiger charge is -2.25. The Bertz CT molecular complexity index is 1620. The Balaban J connectivity index is 1.31. The maximum Gasteiger partial charge on any atom is 0.268 e. The molecule has 0 fully saturated rings. The van der Waals surface area contributed by atoms with Crippen molar-refractivity contribution in [3.05, 3.63) is 150 Å². The molecular formula is C34H27NO4. The van der Waals surface area contributed by atoms with Gasteiger partial charge in [0.2, 0.25) is 5.60 Å². The first kappa shape index (κ1) is 24.5. The van der Waals surface area contributed by atoms with Crippen LogP contribution in [0.3, 0.4) is 0 Å². The second-order valence-corrected chi connectivity index (χ2v) is 9.64. The van der Waals surface area contributed by atoms with Crippen molar-refractivity contribution >= 4 is 11.6 Å². The second-order valence-electron chi connectivity index (χ2n) is 9.64. The lowest BCUT2D eigenvalue weighted by molar-refractivity contribution is -0.132. The molecule has 2 N–H and O–H groups in total. The van der Waals surface area contributed by atoms with Crippen LogP contribution in [0.25, 0.3) is 11.1 Å². The third kappa shape index (κ3) is 4.54. The molecule has 1 atom stereocenters. The zero-order chi connectivity index (χ0) is 26.8. The average Bonchev–Trinajstić information content (AvgIpc) is 3.20. The first-order valence-corrected chi connectivity index (χ1v) is 12.8. The normalized spacial score (nSPS) is 16.2. The number of anilines is 1. The molecule has 0 saturated heterocycles. The number of benzene rings is 5. The average molecular weight is 514 g/mol. The molecule has 0 saturated carbocycles. The molecule has 1 heterocycles. The summed E-state index contributed by atoms with van der Waals surface area (Å²) in [6.07, 6.45) is 0. The van der Waals surface area contributed by atoms with E-state index in [9.17, 15) is 15.0 Å². The quantitative estimate of drug-likeness (QED) is 0.263. The van der Waals surface area contributed by atoms with Gasteiger partial charge in [-0.25, -0.2) is 0 Å². The van der Waals surface area contributed by atoms with Gasteiger partial charge in [-0.15, -0.1) is 0 Å². The Morgan fingerprint density at radius 3 is 2.05 bits per heavy atom. The fraction of sp³-hybridized carbons (Fsp3) is 0.0882. The van der Waals surface area contributed by atoms with Crippen LogP contribution in [0.2, 0.25) is 0 Å². The number of aliphatic hydroxyl groups is 1. The highest BCUT2D eigenvalue weighted by molar-refractivity contribution is 6.09. The van der Waals surface area contributed by atoms with E-state index in [1.165, 1.54) is 6.07 Å². The number of hydrogen-bond donors (Lipinski definition) is 2. The molecule has 192 valence electrons. The summed E-state index contributed by atoms with van der Waals surface area (Å²) in [5, 5.41) is 22.8. The van der Waals surface area contributed by atoms with Crippen LogP contribution in [-0.2, 0) is 23.5 Å². The third-order valence-corrected chi connectivity index (χ3v) is 7.15. The number of ether oxygens (including phenoxy) is 1. The smallest absolute Gasteiger partial charge is 0.268 e. The Morgan fingerprint density at radius 1 is 0.667 bits per heavy atom. The summed E-state index contributed by atoms with van der Waals surface area (Å²) in [6, 6.07) is 39.6. The van der Waals surface area contributed by atoms with Crippen molar-refractivity contribution in [1.82, 2.24) is 0 Å². The van der Waals surface area contributed by atoms with Gasteiger partial charge in [-0.3, -0.25) is 4.79 Å². The van der Waals surface area contributed by atoms with Crippen LogP contribution in [-0.4, -0.2) is 16.1 Å². The number of para-hydroxylation sites is 1. The number of phenolic OH excluding ortho intramolecular Hbond substituents is 1. The van der Waals surface area contributed by atoms with Crippen molar-refractivity contribution in [2.75, 3.05) is 4.90 Å². The van der Waals surface area contributed by atoms with Gasteiger partial charge >= 0.3 is 0 Å². The number of amides is 1. The first-order valence-electron chi connectivity index (χ1n) is 12.8. The highest BCUT2D eigenvalue weighted by atomic mass is 16.5. The molecule has 1 amide bonds. The summed E-state index contributed by atoms with van der Waals surface area (Å²) in [5.74, 6) is -0.256. The van der Waals surface area contributed by atoms with Gasteiger partial charge in [0, 0.05) is 11.1 Å². The van der Waals surface area contributed by atoms with E-state index >= 15 is 0 Å². The molecule has 5 aromatic carbocycles. The molecule has 0 spiro atoms. The lowest BCUT2D eigenvalue weighted by atomic mass is 9.86. The summed E-state index contributed by atoms with van der Waals surface area (Å²) in [6.45, 7) is 0.595. The molecule has 5 heteroatoms. The highest BCUT2D eigenvalue weighted by Crippen LogP contribution is 2.48. The van der Waals surface area contributed by atoms with Crippen molar-refractivity contribution in [2.24, 2.45) is 0 Å². The molecule has 6 rings (SSSR count). The number of rotatable bonds is 7. The maximum atomic E-state index is 13.9. The predicted molar refractivity (Wildman–Crippen MR) is 151 cm³/mol. The lowest BCUT2D eigenvalue weighted by Crippen LogP contribution is -2.41. The van der Waals surface area contributed by atoms with Crippen LogP contribution in [0.15, 0.2) is 127 Å². The van der Waals surface area contributed by atoms with Gasteiger partial charge in [-0.1, -0.05) is 103 Å². The Labute approximate surface area is 227 Å². The van der Waals surface area contributed by atoms with Crippen molar-refractivity contribution in [2.45, 2.75) is 18.8 Å². The molecule has 39 heavy (non-hydrogen) atoms. The molecule has 1 aliphatic rings. The number of phenols is 1. The fourth-order valence-electron chi connectivity index (χ4n) is 5.10. The summed E-state index contributed by atoms with van der Waals surface area (Å²) in [4.78, 5) is 15.5. The standard InChI is InChI=1S/C34H27NO4/c36-32-20-19-28(39-23-25-9-3-1-4-10-25)21-30(32)34(38)29-13-7-8-14-31(29)35(33(34)37)22-24-15-17-27(18-16-24)26-11-5-2-6-12-26/h1-21,36,38H,22-23H2. The minimum Gasteiger partial charge on any atom is -0.508 e. The van der Waals surface area contributed by atoms with E-state index in [0.717, 1.165) is 22.3 Å². The van der Waals surface area contributed by atoms with Crippen molar-refractivity contribution in [3.63, 3.8) is 0 Å². The molecule has 0 aromatic heterocycles. The largest absolute Gasteiger partial charge is 0.508 e. The van der Waals surface area contributed by atoms with Gasteiger partial charge in [0.1, 0.15) is 18.1 Å². The van der Waals surface area contributed by atoms with Gasteiger partial charge in [0.25, 0.3) is 5.91 Å². The van der Waals surface area contributed by atoms with Crippen LogP contribution in [0.4, 0.5) is 5.69 Å². The van der Waals surface area contributed by atoms with Gasteiger partial charge in [-0.2, -0.15) is 0 Å². The van der Waals surface area contributed by atoms with E-state index in [2.05, 4.69) is 12.1 Å². The SMILES string of the molecule is O=C1N(Cc2ccc(-c3ccccc3)cc2)c2ccccc2C1(O)c1cc(OCc2ccccc2)ccc1O. The maximum absolute atomic E-state index is 13.9. The third-order valence-electron chi connectivity index (χ3n) is 7.15. The summed E-state index contributed by atoms with van der Waals surface area (Å²) >= 11 is 0. The van der Waals surface area contributed by atoms with E-state index in [-0.39, 0.29) is 17.9 Å². The van der Waals surface area contributed by atoms with Crippen LogP contribution in [0.5, 0.6) is 11.5 Å². The number of carbonyl (C=O) groups excluding carboxylic acids is 1. The van der Waals surface area contributed by atoms with Crippen LogP contribution in [0.1, 0.15) is 22.3 Å². The van der Waals surface area contributed by atoms with Gasteiger partial charge < -0.3 is 19.8 Å². The molecule has 5 aromatic rings. The highest BCUT2D eigenvalue weighted by Gasteiger charge is 2.52. The minimum absolute atomic E-state index is 0.0902. The van der Waals surface area contributed by atoms with E-state index in [4.69, 9.17) is 4.74 Å². The van der Waals surface area contributed by atoms with E-state index in [1.54, 1.807) is 29.2 Å². The van der Waals surface area contributed by atoms with E-state index < -0.39 is 11.5 Å². The summed E-state index contributed by atoms with van der Waals surface area (Å²) in [5.41, 5.74) is 3.17. The zero-order valence-corrected chi connectivity index (χ0v) is 21.2. The Morgan fingerprint density at radius 2 is 1.31 bits per heavy atom. The van der Waals surface area contributed by atoms with Crippen LogP contribution < -0.4 is 9.64 Å². The number of nitrogens with zero attached hydrogens (tertiary/aromatic N) is 1. The number of fused-ring (bicyclic) bond motifs is 1. The first-order chi connectivity index (χ1) is 19.0. The van der Waals surface area contributed by atoms with Crippen molar-refractivity contribution in [1.29, 1.82) is 0 Å². The Hall–Kier alpha value is -4.87. The van der Waals surface area contributed by atoms with Crippen molar-refractivity contribution < 1.29 is 19.7 Å². The van der Waals surface area contributed by atoms with Crippen molar-refractivity contribution in [3.8, 4) is 22.6 Å². The predicted octanol–water partition coefficient (Wildman–Crippen LogP) is 6.42. The number of aromatic hydroxyl groups is 1. The molecule has 1 aliphatic heterocycles. The summed E-state index contributed by atoms with van der Waals surface area (Å²) < 4.78 is 5.94. The zero-order valence-electron chi connectivity index (χ0n) is 21.2. The van der Waals surface area contributed by atoms with Crippen LogP contribution in [0, 0.1) is 0 Å². The number of carbonyl (C=O) groups is 1. The van der Waals surface area contributed by atoms with Gasteiger partial charge in [0.15, 0.2) is 0 Å². The molecule has 0 aliphatic carbocycles. The monoisotopic (exact) mass is 513 g/mol. The molecule has 1 unspecified atom stereocenters. The minimum atomic E-state index is -2.06. The fourth-order valence-corrected chi connectivity index (χ4v) is 5.10. The van der Waals surface area contributed by atoms with E-state index in [0.29, 0.717) is 23.6 Å². The molecule has 5 nitrogen and oxygen atoms in total. The van der Waals surface area contributed by atoms with Gasteiger partial charge in [-0.05, 0) is 46.5 Å².